The smallest absolute Gasteiger partial charge is 0.872 e. The van der Waals surface area contributed by atoms with Crippen LogP contribution < -0.4 is 74.3 Å². The molecule has 0 saturated carbocycles. The number of benzene rings is 4. The SMILES string of the molecule is CCN(/N=C\c1ccc(N=Nc2c(S(=O)(=O)O)cc3cc(S(=O)(=O)O)cc([O-])c3c2[O-])cc1)c1ccccc1.[Na+].[Na+]. The number of rotatable bonds is 8. The Bertz CT molecular complexity index is 1820. The van der Waals surface area contributed by atoms with E-state index in [-0.39, 0.29) is 64.8 Å². The summed E-state index contributed by atoms with van der Waals surface area (Å²) in [5.74, 6) is -2.29. The van der Waals surface area contributed by atoms with E-state index in [0.29, 0.717) is 24.2 Å². The van der Waals surface area contributed by atoms with Crippen molar-refractivity contribution < 1.29 is 95.3 Å². The van der Waals surface area contributed by atoms with Crippen molar-refractivity contribution in [3.05, 3.63) is 78.4 Å². The van der Waals surface area contributed by atoms with Gasteiger partial charge in [-0.25, -0.2) is 0 Å². The first-order valence-corrected chi connectivity index (χ1v) is 14.1. The van der Waals surface area contributed by atoms with Crippen LogP contribution in [0.2, 0.25) is 0 Å². The van der Waals surface area contributed by atoms with Gasteiger partial charge in [0, 0.05) is 6.54 Å². The Morgan fingerprint density at radius 1 is 0.854 bits per heavy atom. The Morgan fingerprint density at radius 2 is 1.49 bits per heavy atom. The zero-order valence-corrected chi connectivity index (χ0v) is 27.8. The maximum atomic E-state index is 13.0. The first kappa shape index (κ1) is 34.8. The van der Waals surface area contributed by atoms with E-state index in [0.717, 1.165) is 11.8 Å². The Hall–Kier alpha value is -2.37. The van der Waals surface area contributed by atoms with Crippen molar-refractivity contribution in [2.24, 2.45) is 15.3 Å². The molecule has 4 aromatic carbocycles. The second-order valence-electron chi connectivity index (χ2n) is 8.11. The summed E-state index contributed by atoms with van der Waals surface area (Å²) in [5, 5.41) is 38.2. The van der Waals surface area contributed by atoms with E-state index < -0.39 is 58.0 Å². The molecule has 0 heterocycles. The molecule has 0 bridgehead atoms. The molecule has 0 fully saturated rings. The van der Waals surface area contributed by atoms with Crippen LogP contribution in [0.4, 0.5) is 17.1 Å². The van der Waals surface area contributed by atoms with Gasteiger partial charge in [-0.1, -0.05) is 36.1 Å². The van der Waals surface area contributed by atoms with Gasteiger partial charge in [0.15, 0.2) is 0 Å². The van der Waals surface area contributed by atoms with Crippen molar-refractivity contribution >= 4 is 54.3 Å². The van der Waals surface area contributed by atoms with Gasteiger partial charge in [-0.05, 0) is 65.7 Å². The molecule has 0 aliphatic rings. The molecule has 12 nitrogen and oxygen atoms in total. The van der Waals surface area contributed by atoms with Crippen molar-refractivity contribution in [2.75, 3.05) is 11.6 Å². The number of nitrogens with zero attached hydrogens (tertiary/aromatic N) is 4. The normalized spacial score (nSPS) is 11.9. The van der Waals surface area contributed by atoms with E-state index >= 15 is 0 Å². The van der Waals surface area contributed by atoms with Crippen LogP contribution >= 0.6 is 0 Å². The van der Waals surface area contributed by atoms with Crippen LogP contribution in [0.3, 0.4) is 0 Å². The van der Waals surface area contributed by atoms with Gasteiger partial charge in [-0.2, -0.15) is 27.1 Å². The van der Waals surface area contributed by atoms with Gasteiger partial charge in [-0.3, -0.25) is 14.1 Å². The number of anilines is 1. The number of para-hydroxylation sites is 1. The molecular weight excluding hydrogens is 594 g/mol. The standard InChI is InChI=1S/C25H22N4O8S2.2Na/c1-2-29(19-6-4-3-5-7-19)26-15-16-8-10-18(11-9-16)27-28-24-22(39(35,36)37)13-17-12-20(38(32,33)34)14-21(30)23(17)25(24)31;;/h3-15,30-31H,2H2,1H3,(H,32,33,34)(H,35,36,37);;/q;2*+1/p-2/b26-15-,28-27?;;. The zero-order chi connectivity index (χ0) is 28.4. The molecule has 0 aromatic heterocycles. The molecule has 0 aliphatic heterocycles. The van der Waals surface area contributed by atoms with E-state index in [1.54, 1.807) is 23.4 Å². The van der Waals surface area contributed by atoms with Crippen molar-refractivity contribution in [1.29, 1.82) is 0 Å². The van der Waals surface area contributed by atoms with Gasteiger partial charge in [-0.15, -0.1) is 10.9 Å². The number of hydrogen-bond acceptors (Lipinski definition) is 10. The average molecular weight is 615 g/mol. The zero-order valence-electron chi connectivity index (χ0n) is 22.2. The molecule has 0 radical (unpaired) electrons. The molecule has 0 saturated heterocycles. The summed E-state index contributed by atoms with van der Waals surface area (Å²) in [7, 11) is -9.88. The minimum atomic E-state index is -5.05. The average Bonchev–Trinajstić information content (AvgIpc) is 2.88. The van der Waals surface area contributed by atoms with E-state index in [9.17, 15) is 36.2 Å². The molecule has 41 heavy (non-hydrogen) atoms. The second kappa shape index (κ2) is 14.2. The van der Waals surface area contributed by atoms with Crippen LogP contribution in [0.15, 0.2) is 97.9 Å². The number of hydrazone groups is 1. The predicted octanol–water partition coefficient (Wildman–Crippen LogP) is -2.24. The Balaban J connectivity index is 0.00000294. The summed E-state index contributed by atoms with van der Waals surface area (Å²) in [6.07, 6.45) is 1.63. The summed E-state index contributed by atoms with van der Waals surface area (Å²) in [6, 6.07) is 17.9. The van der Waals surface area contributed by atoms with Crippen LogP contribution in [0.5, 0.6) is 11.5 Å². The third kappa shape index (κ3) is 8.35. The molecule has 2 N–H and O–H groups in total. The van der Waals surface area contributed by atoms with Gasteiger partial charge in [0.25, 0.3) is 20.2 Å². The molecule has 0 atom stereocenters. The van der Waals surface area contributed by atoms with E-state index in [4.69, 9.17) is 0 Å². The summed E-state index contributed by atoms with van der Waals surface area (Å²) < 4.78 is 65.7. The summed E-state index contributed by atoms with van der Waals surface area (Å²) in [5.41, 5.74) is 1.000. The van der Waals surface area contributed by atoms with Crippen LogP contribution in [0.1, 0.15) is 12.5 Å². The number of azo groups is 1. The number of fused-ring (bicyclic) bond motifs is 1. The Labute approximate surface area is 280 Å². The maximum Gasteiger partial charge on any atom is 1.00 e. The first-order chi connectivity index (χ1) is 18.4. The molecule has 0 aliphatic carbocycles. The van der Waals surface area contributed by atoms with Crippen LogP contribution in [0.25, 0.3) is 10.8 Å². The second-order valence-corrected chi connectivity index (χ2v) is 10.9. The van der Waals surface area contributed by atoms with Crippen LogP contribution in [-0.4, -0.2) is 38.7 Å². The molecule has 0 spiro atoms. The molecule has 202 valence electrons. The summed E-state index contributed by atoms with van der Waals surface area (Å²) in [4.78, 5) is -1.83. The molecule has 0 amide bonds. The Kier molecular flexibility index (Phi) is 12.1. The van der Waals surface area contributed by atoms with Gasteiger partial charge in [0.1, 0.15) is 4.90 Å². The molecular formula is C25H20N4Na2O8S2. The van der Waals surface area contributed by atoms with Crippen molar-refractivity contribution in [3.8, 4) is 11.5 Å². The van der Waals surface area contributed by atoms with E-state index in [1.807, 2.05) is 37.3 Å². The fourth-order valence-electron chi connectivity index (χ4n) is 3.65. The van der Waals surface area contributed by atoms with Crippen LogP contribution in [0, 0.1) is 0 Å². The third-order valence-corrected chi connectivity index (χ3v) is 7.20. The first-order valence-electron chi connectivity index (χ1n) is 11.2. The molecule has 0 unspecified atom stereocenters. The van der Waals surface area contributed by atoms with Crippen molar-refractivity contribution in [3.63, 3.8) is 0 Å². The molecule has 4 rings (SSSR count). The van der Waals surface area contributed by atoms with Crippen LogP contribution in [-0.2, 0) is 20.2 Å². The van der Waals surface area contributed by atoms with E-state index in [1.165, 1.54) is 12.1 Å². The van der Waals surface area contributed by atoms with Gasteiger partial charge in [0.05, 0.1) is 28.2 Å². The third-order valence-electron chi connectivity index (χ3n) is 5.50. The van der Waals surface area contributed by atoms with Crippen molar-refractivity contribution in [1.82, 2.24) is 0 Å². The largest absolute Gasteiger partial charge is 1.00 e. The fraction of sp³-hybridized carbons (Fsp3) is 0.0800. The van der Waals surface area contributed by atoms with Crippen molar-refractivity contribution in [2.45, 2.75) is 16.7 Å². The fourth-order valence-corrected chi connectivity index (χ4v) is 4.84. The Morgan fingerprint density at radius 3 is 2.05 bits per heavy atom. The maximum absolute atomic E-state index is 13.0. The topological polar surface area (TPSA) is 195 Å². The minimum absolute atomic E-state index is 0. The quantitative estimate of drug-likeness (QED) is 0.0726. The molecule has 16 heteroatoms. The number of hydrogen-bond donors (Lipinski definition) is 2. The molecule has 4 aromatic rings. The van der Waals surface area contributed by atoms with Gasteiger partial charge in [0.2, 0.25) is 0 Å². The van der Waals surface area contributed by atoms with Gasteiger partial charge < -0.3 is 10.2 Å². The predicted molar refractivity (Wildman–Crippen MR) is 140 cm³/mol. The van der Waals surface area contributed by atoms with E-state index in [2.05, 4.69) is 15.3 Å². The summed E-state index contributed by atoms with van der Waals surface area (Å²) in [6.45, 7) is 2.59. The summed E-state index contributed by atoms with van der Waals surface area (Å²) >= 11 is 0. The van der Waals surface area contributed by atoms with Gasteiger partial charge >= 0.3 is 59.1 Å². The monoisotopic (exact) mass is 614 g/mol. The minimum Gasteiger partial charge on any atom is -0.872 e.